The van der Waals surface area contributed by atoms with Crippen LogP contribution in [0.4, 0.5) is 10.8 Å². The maximum atomic E-state index is 14.7. The minimum Gasteiger partial charge on any atom is -0.414 e. The van der Waals surface area contributed by atoms with Crippen LogP contribution in [-0.2, 0) is 4.57 Å². The lowest BCUT2D eigenvalue weighted by atomic mass is 10.2. The Balaban J connectivity index is 1.59. The molecule has 5 rings (SSSR count). The Labute approximate surface area is 222 Å². The van der Waals surface area contributed by atoms with Gasteiger partial charge in [0.15, 0.2) is 5.78 Å². The number of nitrogens with zero attached hydrogens (tertiary/aromatic N) is 3. The van der Waals surface area contributed by atoms with Gasteiger partial charge in [-0.05, 0) is 29.8 Å². The largest absolute Gasteiger partial charge is 0.457 e. The van der Waals surface area contributed by atoms with Crippen molar-refractivity contribution >= 4 is 29.8 Å². The Morgan fingerprint density at radius 2 is 1.37 bits per heavy atom. The number of non-ortho nitro benzene ring substituents is 1. The second kappa shape index (κ2) is 11.2. The summed E-state index contributed by atoms with van der Waals surface area (Å²) in [6, 6.07) is 32.6. The number of para-hydroxylation sites is 2. The third kappa shape index (κ3) is 5.88. The highest BCUT2D eigenvalue weighted by atomic mass is 32.1. The van der Waals surface area contributed by atoms with E-state index in [1.54, 1.807) is 66.7 Å². The lowest BCUT2D eigenvalue weighted by Crippen LogP contribution is -2.18. The van der Waals surface area contributed by atoms with Crippen LogP contribution >= 0.6 is 18.9 Å². The minimum absolute atomic E-state index is 0.164. The molecule has 4 aromatic carbocycles. The van der Waals surface area contributed by atoms with E-state index in [0.717, 1.165) is 5.56 Å². The highest BCUT2D eigenvalue weighted by Gasteiger charge is 2.42. The third-order valence-electron chi connectivity index (χ3n) is 5.37. The molecule has 1 N–H and O–H groups in total. The highest BCUT2D eigenvalue weighted by molar-refractivity contribution is 7.55. The SMILES string of the molecule is O=[N+]([O-])c1cccc(C(Nc2nnc(-c3ccccc3)s2)P(=O)(Oc2ccccc2)Oc2ccccc2)c1. The molecule has 0 aliphatic rings. The second-order valence-corrected chi connectivity index (χ2v) is 11.0. The van der Waals surface area contributed by atoms with Crippen LogP contribution in [0.3, 0.4) is 0 Å². The Hall–Kier alpha value is -4.53. The van der Waals surface area contributed by atoms with E-state index in [2.05, 4.69) is 15.5 Å². The van der Waals surface area contributed by atoms with Gasteiger partial charge in [-0.3, -0.25) is 10.1 Å². The van der Waals surface area contributed by atoms with E-state index < -0.39 is 18.3 Å². The van der Waals surface area contributed by atoms with Crippen molar-refractivity contribution in [2.75, 3.05) is 5.32 Å². The maximum absolute atomic E-state index is 14.7. The van der Waals surface area contributed by atoms with E-state index >= 15 is 0 Å². The van der Waals surface area contributed by atoms with Gasteiger partial charge < -0.3 is 14.4 Å². The predicted octanol–water partition coefficient (Wildman–Crippen LogP) is 7.58. The Morgan fingerprint density at radius 3 is 1.95 bits per heavy atom. The predicted molar refractivity (Wildman–Crippen MR) is 147 cm³/mol. The summed E-state index contributed by atoms with van der Waals surface area (Å²) in [6.07, 6.45) is 0. The normalized spacial score (nSPS) is 11.9. The lowest BCUT2D eigenvalue weighted by molar-refractivity contribution is -0.384. The molecule has 9 nitrogen and oxygen atoms in total. The number of nitro groups is 1. The Bertz CT molecular complexity index is 1520. The van der Waals surface area contributed by atoms with Gasteiger partial charge in [-0.2, -0.15) is 0 Å². The first kappa shape index (κ1) is 25.1. The van der Waals surface area contributed by atoms with Crippen molar-refractivity contribution in [3.8, 4) is 22.1 Å². The molecule has 11 heteroatoms. The first-order valence-electron chi connectivity index (χ1n) is 11.5. The number of nitro benzene ring substituents is 1. The molecule has 0 bridgehead atoms. The van der Waals surface area contributed by atoms with Gasteiger partial charge in [0.2, 0.25) is 5.13 Å². The van der Waals surface area contributed by atoms with E-state index in [-0.39, 0.29) is 5.69 Å². The summed E-state index contributed by atoms with van der Waals surface area (Å²) in [6.45, 7) is 0. The first-order valence-corrected chi connectivity index (χ1v) is 13.9. The first-order chi connectivity index (χ1) is 18.5. The zero-order valence-electron chi connectivity index (χ0n) is 19.8. The second-order valence-electron chi connectivity index (χ2n) is 8.03. The van der Waals surface area contributed by atoms with Gasteiger partial charge in [0.05, 0.1) is 4.92 Å². The summed E-state index contributed by atoms with van der Waals surface area (Å²) < 4.78 is 26.8. The van der Waals surface area contributed by atoms with E-state index in [4.69, 9.17) is 9.05 Å². The summed E-state index contributed by atoms with van der Waals surface area (Å²) >= 11 is 1.25. The van der Waals surface area contributed by atoms with Crippen LogP contribution in [0, 0.1) is 10.1 Å². The molecule has 0 aliphatic carbocycles. The quantitative estimate of drug-likeness (QED) is 0.109. The van der Waals surface area contributed by atoms with Crippen LogP contribution < -0.4 is 14.4 Å². The van der Waals surface area contributed by atoms with Crippen LogP contribution in [0.5, 0.6) is 11.5 Å². The summed E-state index contributed by atoms with van der Waals surface area (Å²) in [4.78, 5) is 11.0. The Morgan fingerprint density at radius 1 is 0.789 bits per heavy atom. The lowest BCUT2D eigenvalue weighted by Gasteiger charge is -2.28. The van der Waals surface area contributed by atoms with Gasteiger partial charge >= 0.3 is 7.60 Å². The fourth-order valence-corrected chi connectivity index (χ4v) is 6.38. The van der Waals surface area contributed by atoms with E-state index in [9.17, 15) is 14.7 Å². The van der Waals surface area contributed by atoms with Crippen molar-refractivity contribution < 1.29 is 18.5 Å². The number of hydrogen-bond donors (Lipinski definition) is 1. The number of benzene rings is 4. The van der Waals surface area contributed by atoms with Gasteiger partial charge in [-0.25, -0.2) is 4.57 Å². The van der Waals surface area contributed by atoms with Crippen molar-refractivity contribution in [3.05, 3.63) is 131 Å². The third-order valence-corrected chi connectivity index (χ3v) is 8.26. The van der Waals surface area contributed by atoms with E-state index in [1.165, 1.54) is 29.5 Å². The molecule has 1 atom stereocenters. The van der Waals surface area contributed by atoms with Crippen molar-refractivity contribution in [1.82, 2.24) is 10.2 Å². The maximum Gasteiger partial charge on any atom is 0.457 e. The van der Waals surface area contributed by atoms with Crippen LogP contribution in [0.25, 0.3) is 10.6 Å². The molecule has 0 fully saturated rings. The minimum atomic E-state index is -4.17. The number of nitrogens with one attached hydrogen (secondary N) is 1. The molecule has 5 aromatic rings. The van der Waals surface area contributed by atoms with Gasteiger partial charge in [0, 0.05) is 17.7 Å². The fourth-order valence-electron chi connectivity index (χ4n) is 3.63. The van der Waals surface area contributed by atoms with Gasteiger partial charge in [-0.1, -0.05) is 90.2 Å². The molecular weight excluding hydrogens is 523 g/mol. The molecule has 190 valence electrons. The molecule has 1 aromatic heterocycles. The van der Waals surface area contributed by atoms with Crippen molar-refractivity contribution in [1.29, 1.82) is 0 Å². The van der Waals surface area contributed by atoms with Crippen molar-refractivity contribution in [2.24, 2.45) is 0 Å². The van der Waals surface area contributed by atoms with E-state index in [0.29, 0.717) is 27.2 Å². The molecule has 1 unspecified atom stereocenters. The fraction of sp³-hybridized carbons (Fsp3) is 0.0370. The molecule has 0 saturated carbocycles. The number of hydrogen-bond acceptors (Lipinski definition) is 9. The van der Waals surface area contributed by atoms with Gasteiger partial charge in [0.25, 0.3) is 5.69 Å². The molecule has 0 amide bonds. The van der Waals surface area contributed by atoms with Crippen LogP contribution in [0.1, 0.15) is 11.3 Å². The average molecular weight is 545 g/mol. The zero-order chi connectivity index (χ0) is 26.4. The van der Waals surface area contributed by atoms with E-state index in [1.807, 2.05) is 30.3 Å². The van der Waals surface area contributed by atoms with Crippen LogP contribution in [0.2, 0.25) is 0 Å². The van der Waals surface area contributed by atoms with Gasteiger partial charge in [-0.15, -0.1) is 10.2 Å². The molecule has 0 spiro atoms. The summed E-state index contributed by atoms with van der Waals surface area (Å²) in [5.41, 5.74) is 1.03. The molecule has 38 heavy (non-hydrogen) atoms. The Kier molecular flexibility index (Phi) is 7.44. The van der Waals surface area contributed by atoms with Crippen LogP contribution in [-0.4, -0.2) is 15.1 Å². The summed E-state index contributed by atoms with van der Waals surface area (Å²) in [5.74, 6) is -0.545. The topological polar surface area (TPSA) is 116 Å². The number of aromatic nitrogens is 2. The smallest absolute Gasteiger partial charge is 0.414 e. The summed E-state index contributed by atoms with van der Waals surface area (Å²) in [7, 11) is -4.17. The molecular formula is C27H21N4O5PS. The number of rotatable bonds is 10. The van der Waals surface area contributed by atoms with Gasteiger partial charge in [0.1, 0.15) is 16.5 Å². The molecule has 0 aliphatic heterocycles. The molecule has 0 radical (unpaired) electrons. The monoisotopic (exact) mass is 544 g/mol. The molecule has 0 saturated heterocycles. The highest BCUT2D eigenvalue weighted by Crippen LogP contribution is 2.60. The van der Waals surface area contributed by atoms with Crippen molar-refractivity contribution in [2.45, 2.75) is 5.78 Å². The zero-order valence-corrected chi connectivity index (χ0v) is 21.5. The average Bonchev–Trinajstić information content (AvgIpc) is 3.42. The summed E-state index contributed by atoms with van der Waals surface area (Å²) in [5, 5.41) is 24.2. The molecule has 1 heterocycles. The van der Waals surface area contributed by atoms with Crippen molar-refractivity contribution in [3.63, 3.8) is 0 Å². The standard InChI is InChI=1S/C27H21N4O5PS/c32-31(33)22-14-10-13-21(19-22)25(28-27-30-29-26(38-27)20-11-4-1-5-12-20)37(34,35-23-15-6-2-7-16-23)36-24-17-8-3-9-18-24/h1-19,25H,(H,28,30). The van der Waals surface area contributed by atoms with Crippen LogP contribution in [0.15, 0.2) is 115 Å². The number of anilines is 1.